The summed E-state index contributed by atoms with van der Waals surface area (Å²) < 4.78 is 2.05. The summed E-state index contributed by atoms with van der Waals surface area (Å²) >= 11 is 1.53. The lowest BCUT2D eigenvalue weighted by molar-refractivity contribution is 0.0623. The molecule has 1 fully saturated rings. The molecule has 5 rings (SSSR count). The highest BCUT2D eigenvalue weighted by Gasteiger charge is 2.25. The van der Waals surface area contributed by atoms with Crippen molar-refractivity contribution in [2.45, 2.75) is 16.5 Å². The highest BCUT2D eigenvalue weighted by Crippen LogP contribution is 2.29. The summed E-state index contributed by atoms with van der Waals surface area (Å²) in [7, 11) is 0. The van der Waals surface area contributed by atoms with Crippen LogP contribution in [0.25, 0.3) is 5.65 Å². The van der Waals surface area contributed by atoms with Crippen molar-refractivity contribution in [2.75, 3.05) is 26.2 Å². The number of aromatic nitrogens is 3. The van der Waals surface area contributed by atoms with E-state index in [4.69, 9.17) is 0 Å². The molecular weight excluding hydrogens is 406 g/mol. The number of carbonyl (C=O) groups is 1. The van der Waals surface area contributed by atoms with Gasteiger partial charge in [0.05, 0.1) is 11.3 Å². The molecule has 1 amide bonds. The second kappa shape index (κ2) is 8.91. The average Bonchev–Trinajstić information content (AvgIpc) is 3.22. The lowest BCUT2D eigenvalue weighted by atomic mass is 10.2. The molecule has 1 aliphatic heterocycles. The summed E-state index contributed by atoms with van der Waals surface area (Å²) in [6, 6.07) is 19.8. The number of nitrogens with zero attached hydrogens (tertiary/aromatic N) is 5. The fourth-order valence-electron chi connectivity index (χ4n) is 3.81. The molecule has 0 radical (unpaired) electrons. The third-order valence-electron chi connectivity index (χ3n) is 5.42. The van der Waals surface area contributed by atoms with E-state index in [0.29, 0.717) is 18.7 Å². The molecule has 156 valence electrons. The third kappa shape index (κ3) is 4.47. The van der Waals surface area contributed by atoms with Crippen molar-refractivity contribution >= 4 is 23.3 Å². The summed E-state index contributed by atoms with van der Waals surface area (Å²) in [6.07, 6.45) is 5.84. The molecule has 1 aromatic carbocycles. The third-order valence-corrected chi connectivity index (χ3v) is 6.44. The molecule has 0 bridgehead atoms. The largest absolute Gasteiger partial charge is 0.336 e. The van der Waals surface area contributed by atoms with Crippen LogP contribution in [-0.2, 0) is 6.54 Å². The second-order valence-corrected chi connectivity index (χ2v) is 8.60. The molecule has 7 heteroatoms. The van der Waals surface area contributed by atoms with Crippen molar-refractivity contribution in [1.82, 2.24) is 24.2 Å². The number of rotatable bonds is 5. The molecule has 0 N–H and O–H groups in total. The number of fused-ring (bicyclic) bond motifs is 1. The normalized spacial score (nSPS) is 14.8. The number of hydrogen-bond donors (Lipinski definition) is 0. The fraction of sp³-hybridized carbons (Fsp3) is 0.208. The molecule has 0 atom stereocenters. The van der Waals surface area contributed by atoms with Gasteiger partial charge in [0, 0.05) is 56.2 Å². The molecule has 1 aliphatic rings. The van der Waals surface area contributed by atoms with E-state index >= 15 is 0 Å². The molecular formula is C24H23N5OS. The van der Waals surface area contributed by atoms with Gasteiger partial charge in [-0.3, -0.25) is 9.69 Å². The smallest absolute Gasteiger partial charge is 0.256 e. The van der Waals surface area contributed by atoms with Gasteiger partial charge in [0.1, 0.15) is 10.7 Å². The highest BCUT2D eigenvalue weighted by atomic mass is 32.2. The number of pyridine rings is 2. The number of piperazine rings is 1. The molecule has 4 aromatic rings. The van der Waals surface area contributed by atoms with Crippen molar-refractivity contribution in [3.8, 4) is 0 Å². The van der Waals surface area contributed by atoms with Gasteiger partial charge in [-0.2, -0.15) is 0 Å². The van der Waals surface area contributed by atoms with Crippen LogP contribution in [0.2, 0.25) is 0 Å². The first kappa shape index (κ1) is 19.8. The number of imidazole rings is 1. The predicted octanol–water partition coefficient (Wildman–Crippen LogP) is 3.84. The van der Waals surface area contributed by atoms with Crippen LogP contribution < -0.4 is 0 Å². The minimum Gasteiger partial charge on any atom is -0.336 e. The standard InChI is InChI=1S/C24H23N5OS/c30-24(21-9-6-11-25-23(21)31-20-7-2-1-3-8-20)28-15-13-27(14-16-28)17-19-18-29-12-5-4-10-22(29)26-19/h1-12,18H,13-17H2. The minimum absolute atomic E-state index is 0.0545. The Bertz CT molecular complexity index is 1150. The maximum Gasteiger partial charge on any atom is 0.256 e. The molecule has 0 unspecified atom stereocenters. The summed E-state index contributed by atoms with van der Waals surface area (Å²) in [5.41, 5.74) is 2.69. The van der Waals surface area contributed by atoms with Crippen LogP contribution in [0, 0.1) is 0 Å². The van der Waals surface area contributed by atoms with Gasteiger partial charge in [0.25, 0.3) is 5.91 Å². The van der Waals surface area contributed by atoms with E-state index in [0.717, 1.165) is 40.9 Å². The number of benzene rings is 1. The lowest BCUT2D eigenvalue weighted by Gasteiger charge is -2.34. The van der Waals surface area contributed by atoms with Crippen molar-refractivity contribution in [1.29, 1.82) is 0 Å². The zero-order chi connectivity index (χ0) is 21.0. The molecule has 31 heavy (non-hydrogen) atoms. The van der Waals surface area contributed by atoms with Gasteiger partial charge >= 0.3 is 0 Å². The van der Waals surface area contributed by atoms with Crippen LogP contribution in [-0.4, -0.2) is 56.3 Å². The Morgan fingerprint density at radius 1 is 0.935 bits per heavy atom. The monoisotopic (exact) mass is 429 g/mol. The van der Waals surface area contributed by atoms with E-state index in [1.807, 2.05) is 76.2 Å². The summed E-state index contributed by atoms with van der Waals surface area (Å²) in [6.45, 7) is 3.88. The van der Waals surface area contributed by atoms with Crippen LogP contribution in [0.4, 0.5) is 0 Å². The van der Waals surface area contributed by atoms with Gasteiger partial charge in [-0.15, -0.1) is 0 Å². The van der Waals surface area contributed by atoms with Crippen molar-refractivity contribution in [2.24, 2.45) is 0 Å². The van der Waals surface area contributed by atoms with Crippen molar-refractivity contribution < 1.29 is 4.79 Å². The van der Waals surface area contributed by atoms with Crippen LogP contribution in [0.15, 0.2) is 89.2 Å². The highest BCUT2D eigenvalue weighted by molar-refractivity contribution is 7.99. The SMILES string of the molecule is O=C(c1cccnc1Sc1ccccc1)N1CCN(Cc2cn3ccccc3n2)CC1. The molecule has 4 heterocycles. The Hall–Kier alpha value is -3.16. The first-order valence-electron chi connectivity index (χ1n) is 10.4. The zero-order valence-electron chi connectivity index (χ0n) is 17.1. The molecule has 0 saturated carbocycles. The van der Waals surface area contributed by atoms with E-state index in [-0.39, 0.29) is 5.91 Å². The molecule has 3 aromatic heterocycles. The lowest BCUT2D eigenvalue weighted by Crippen LogP contribution is -2.48. The van der Waals surface area contributed by atoms with Gasteiger partial charge < -0.3 is 9.30 Å². The van der Waals surface area contributed by atoms with E-state index in [1.54, 1.807) is 6.20 Å². The van der Waals surface area contributed by atoms with Gasteiger partial charge in [-0.05, 0) is 36.4 Å². The van der Waals surface area contributed by atoms with Crippen molar-refractivity contribution in [3.05, 3.63) is 90.5 Å². The zero-order valence-corrected chi connectivity index (χ0v) is 17.9. The van der Waals surface area contributed by atoms with Gasteiger partial charge in [-0.25, -0.2) is 9.97 Å². The number of amides is 1. The van der Waals surface area contributed by atoms with Gasteiger partial charge in [0.2, 0.25) is 0 Å². The molecule has 0 spiro atoms. The Labute approximate surface area is 185 Å². The van der Waals surface area contributed by atoms with Crippen LogP contribution >= 0.6 is 11.8 Å². The van der Waals surface area contributed by atoms with E-state index in [9.17, 15) is 4.79 Å². The Morgan fingerprint density at radius 2 is 1.74 bits per heavy atom. The minimum atomic E-state index is 0.0545. The summed E-state index contributed by atoms with van der Waals surface area (Å²) in [4.78, 5) is 27.8. The van der Waals surface area contributed by atoms with Gasteiger partial charge in [-0.1, -0.05) is 36.0 Å². The quantitative estimate of drug-likeness (QED) is 0.483. The first-order chi connectivity index (χ1) is 15.3. The van der Waals surface area contributed by atoms with E-state index in [1.165, 1.54) is 11.8 Å². The molecule has 6 nitrogen and oxygen atoms in total. The predicted molar refractivity (Wildman–Crippen MR) is 121 cm³/mol. The Balaban J connectivity index is 1.23. The number of carbonyl (C=O) groups excluding carboxylic acids is 1. The van der Waals surface area contributed by atoms with Crippen LogP contribution in [0.5, 0.6) is 0 Å². The Kier molecular flexibility index (Phi) is 5.69. The molecule has 0 aliphatic carbocycles. The molecule has 1 saturated heterocycles. The Morgan fingerprint density at radius 3 is 2.55 bits per heavy atom. The van der Waals surface area contributed by atoms with Crippen LogP contribution in [0.1, 0.15) is 16.1 Å². The van der Waals surface area contributed by atoms with E-state index < -0.39 is 0 Å². The maximum absolute atomic E-state index is 13.2. The first-order valence-corrected chi connectivity index (χ1v) is 11.2. The maximum atomic E-state index is 13.2. The second-order valence-electron chi connectivity index (χ2n) is 7.54. The van der Waals surface area contributed by atoms with E-state index in [2.05, 4.69) is 21.1 Å². The van der Waals surface area contributed by atoms with Crippen LogP contribution in [0.3, 0.4) is 0 Å². The van der Waals surface area contributed by atoms with Crippen molar-refractivity contribution in [3.63, 3.8) is 0 Å². The topological polar surface area (TPSA) is 53.7 Å². The van der Waals surface area contributed by atoms with Gasteiger partial charge in [0.15, 0.2) is 0 Å². The number of hydrogen-bond acceptors (Lipinski definition) is 5. The average molecular weight is 430 g/mol. The fourth-order valence-corrected chi connectivity index (χ4v) is 4.70. The summed E-state index contributed by atoms with van der Waals surface area (Å²) in [5.74, 6) is 0.0545. The summed E-state index contributed by atoms with van der Waals surface area (Å²) in [5, 5.41) is 0.755.